The Labute approximate surface area is 99.8 Å². The molecular weight excluding hydrogens is 224 g/mol. The second-order valence-corrected chi connectivity index (χ2v) is 5.48. The van der Waals surface area contributed by atoms with E-state index in [4.69, 9.17) is 0 Å². The lowest BCUT2D eigenvalue weighted by Crippen LogP contribution is -2.75. The van der Waals surface area contributed by atoms with Crippen LogP contribution in [0.3, 0.4) is 0 Å². The van der Waals surface area contributed by atoms with Gasteiger partial charge in [0.25, 0.3) is 0 Å². The minimum Gasteiger partial charge on any atom is -0.385 e. The van der Waals surface area contributed by atoms with E-state index >= 15 is 0 Å². The number of rotatable bonds is 0. The zero-order valence-electron chi connectivity index (χ0n) is 10.5. The molecule has 3 atom stereocenters. The normalized spacial score (nSPS) is 46.5. The van der Waals surface area contributed by atoms with Gasteiger partial charge < -0.3 is 10.2 Å². The molecule has 6 heteroatoms. The molecule has 0 radical (unpaired) electrons. The molecule has 0 spiro atoms. The molecule has 0 unspecified atom stereocenters. The lowest BCUT2D eigenvalue weighted by Gasteiger charge is -2.54. The maximum Gasteiger partial charge on any atom is 0.328 e. The Bertz CT molecular complexity index is 408. The lowest BCUT2D eigenvalue weighted by atomic mass is 9.74. The maximum atomic E-state index is 12.2. The predicted octanol–water partition coefficient (Wildman–Crippen LogP) is -0.250. The predicted molar refractivity (Wildman–Crippen MR) is 58.8 cm³/mol. The van der Waals surface area contributed by atoms with Crippen LogP contribution in [-0.4, -0.2) is 57.4 Å². The fourth-order valence-electron chi connectivity index (χ4n) is 3.24. The molecule has 0 aromatic rings. The molecule has 1 aliphatic carbocycles. The topological polar surface area (TPSA) is 81.1 Å². The standard InChI is InChI=1S/C11H18N2O4/c1-9-5-6-10(2,16)11(9,17)13(4)8(15)12(3)7(9)14/h16-17H,5-6H2,1-4H3/t9-,10+,11-/m1/s1. The first-order valence-electron chi connectivity index (χ1n) is 5.60. The van der Waals surface area contributed by atoms with Crippen molar-refractivity contribution < 1.29 is 19.8 Å². The highest BCUT2D eigenvalue weighted by Crippen LogP contribution is 2.56. The van der Waals surface area contributed by atoms with E-state index in [9.17, 15) is 19.8 Å². The smallest absolute Gasteiger partial charge is 0.328 e. The minimum absolute atomic E-state index is 0.275. The number of carbonyl (C=O) groups is 2. The Balaban J connectivity index is 2.64. The number of carbonyl (C=O) groups excluding carboxylic acids is 2. The van der Waals surface area contributed by atoms with E-state index in [2.05, 4.69) is 0 Å². The van der Waals surface area contributed by atoms with Gasteiger partial charge >= 0.3 is 6.03 Å². The van der Waals surface area contributed by atoms with Crippen LogP contribution < -0.4 is 0 Å². The summed E-state index contributed by atoms with van der Waals surface area (Å²) in [4.78, 5) is 26.1. The van der Waals surface area contributed by atoms with Gasteiger partial charge in [-0.15, -0.1) is 0 Å². The fourth-order valence-corrected chi connectivity index (χ4v) is 3.24. The van der Waals surface area contributed by atoms with Gasteiger partial charge in [0.05, 0.1) is 5.41 Å². The highest BCUT2D eigenvalue weighted by molar-refractivity contribution is 6.01. The zero-order valence-corrected chi connectivity index (χ0v) is 10.5. The largest absolute Gasteiger partial charge is 0.385 e. The van der Waals surface area contributed by atoms with E-state index in [0.29, 0.717) is 6.42 Å². The molecule has 2 aliphatic rings. The molecule has 17 heavy (non-hydrogen) atoms. The van der Waals surface area contributed by atoms with Crippen LogP contribution in [0.4, 0.5) is 4.79 Å². The average molecular weight is 242 g/mol. The van der Waals surface area contributed by atoms with Crippen LogP contribution in [0.5, 0.6) is 0 Å². The Kier molecular flexibility index (Phi) is 2.17. The maximum absolute atomic E-state index is 12.2. The number of amides is 3. The Morgan fingerprint density at radius 1 is 1.12 bits per heavy atom. The van der Waals surface area contributed by atoms with Crippen LogP contribution in [0, 0.1) is 5.41 Å². The van der Waals surface area contributed by atoms with Gasteiger partial charge in [0.2, 0.25) is 5.91 Å². The van der Waals surface area contributed by atoms with Crippen molar-refractivity contribution in [1.29, 1.82) is 0 Å². The number of imide groups is 1. The summed E-state index contributed by atoms with van der Waals surface area (Å²) in [5.41, 5.74) is -4.49. The number of nitrogens with zero attached hydrogens (tertiary/aromatic N) is 2. The molecule has 2 N–H and O–H groups in total. The zero-order chi connectivity index (χ0) is 13.2. The van der Waals surface area contributed by atoms with Gasteiger partial charge in [-0.05, 0) is 26.7 Å². The summed E-state index contributed by atoms with van der Waals surface area (Å²) < 4.78 is 0. The van der Waals surface area contributed by atoms with Crippen molar-refractivity contribution in [3.05, 3.63) is 0 Å². The SMILES string of the molecule is CN1C(=O)N(C)[C@]2(O)[C@@](C)(O)CC[C@]2(C)C1=O. The van der Waals surface area contributed by atoms with Crippen molar-refractivity contribution in [3.63, 3.8) is 0 Å². The van der Waals surface area contributed by atoms with Crippen LogP contribution in [0.25, 0.3) is 0 Å². The highest BCUT2D eigenvalue weighted by atomic mass is 16.4. The van der Waals surface area contributed by atoms with Crippen LogP contribution in [0.1, 0.15) is 26.7 Å². The minimum atomic E-state index is -1.85. The molecule has 0 aromatic carbocycles. The molecule has 1 saturated carbocycles. The monoisotopic (exact) mass is 242 g/mol. The summed E-state index contributed by atoms with van der Waals surface area (Å²) in [6, 6.07) is -0.600. The van der Waals surface area contributed by atoms with Crippen molar-refractivity contribution >= 4 is 11.9 Å². The van der Waals surface area contributed by atoms with Crippen molar-refractivity contribution in [2.75, 3.05) is 14.1 Å². The summed E-state index contributed by atoms with van der Waals surface area (Å²) in [6.07, 6.45) is 0.620. The van der Waals surface area contributed by atoms with Crippen molar-refractivity contribution in [2.24, 2.45) is 5.41 Å². The van der Waals surface area contributed by atoms with Crippen molar-refractivity contribution in [1.82, 2.24) is 9.80 Å². The number of hydrogen-bond acceptors (Lipinski definition) is 4. The average Bonchev–Trinajstić information content (AvgIpc) is 2.47. The third kappa shape index (κ3) is 1.07. The van der Waals surface area contributed by atoms with Gasteiger partial charge in [-0.3, -0.25) is 14.6 Å². The molecule has 1 saturated heterocycles. The fraction of sp³-hybridized carbons (Fsp3) is 0.818. The second kappa shape index (κ2) is 3.00. The number of likely N-dealkylation sites (N-methyl/N-ethyl adjacent to an activating group) is 1. The van der Waals surface area contributed by atoms with E-state index in [1.165, 1.54) is 21.0 Å². The van der Waals surface area contributed by atoms with E-state index < -0.39 is 28.7 Å². The summed E-state index contributed by atoms with van der Waals surface area (Å²) in [5, 5.41) is 21.0. The Morgan fingerprint density at radius 3 is 2.18 bits per heavy atom. The van der Waals surface area contributed by atoms with Gasteiger partial charge in [-0.1, -0.05) is 0 Å². The molecule has 3 amide bonds. The number of hydrogen-bond donors (Lipinski definition) is 2. The van der Waals surface area contributed by atoms with Gasteiger partial charge in [0, 0.05) is 14.1 Å². The van der Waals surface area contributed by atoms with E-state index in [1.54, 1.807) is 6.92 Å². The second-order valence-electron chi connectivity index (χ2n) is 5.48. The number of urea groups is 1. The quantitative estimate of drug-likeness (QED) is 0.614. The Morgan fingerprint density at radius 2 is 1.65 bits per heavy atom. The first kappa shape index (κ1) is 12.3. The van der Waals surface area contributed by atoms with Gasteiger partial charge in [0.15, 0.2) is 5.72 Å². The number of aliphatic hydroxyl groups is 2. The first-order valence-corrected chi connectivity index (χ1v) is 5.60. The highest BCUT2D eigenvalue weighted by Gasteiger charge is 2.72. The summed E-state index contributed by atoms with van der Waals surface area (Å²) >= 11 is 0. The molecule has 0 bridgehead atoms. The van der Waals surface area contributed by atoms with Crippen LogP contribution >= 0.6 is 0 Å². The van der Waals surface area contributed by atoms with Crippen LogP contribution in [0.2, 0.25) is 0 Å². The van der Waals surface area contributed by atoms with E-state index in [0.717, 1.165) is 9.80 Å². The molecule has 6 nitrogen and oxygen atoms in total. The molecular formula is C11H18N2O4. The Hall–Kier alpha value is -1.14. The van der Waals surface area contributed by atoms with Gasteiger partial charge in [-0.25, -0.2) is 4.79 Å². The molecule has 2 fully saturated rings. The van der Waals surface area contributed by atoms with Crippen molar-refractivity contribution in [3.8, 4) is 0 Å². The lowest BCUT2D eigenvalue weighted by molar-refractivity contribution is -0.243. The van der Waals surface area contributed by atoms with Crippen LogP contribution in [0.15, 0.2) is 0 Å². The summed E-state index contributed by atoms with van der Waals surface area (Å²) in [7, 11) is 2.79. The van der Waals surface area contributed by atoms with Crippen LogP contribution in [-0.2, 0) is 4.79 Å². The third-order valence-electron chi connectivity index (χ3n) is 4.47. The van der Waals surface area contributed by atoms with E-state index in [1.807, 2.05) is 0 Å². The van der Waals surface area contributed by atoms with Gasteiger partial charge in [0.1, 0.15) is 5.60 Å². The molecule has 96 valence electrons. The summed E-state index contributed by atoms with van der Waals surface area (Å²) in [6.45, 7) is 3.05. The third-order valence-corrected chi connectivity index (χ3v) is 4.47. The molecule has 0 aromatic heterocycles. The number of fused-ring (bicyclic) bond motifs is 1. The first-order chi connectivity index (χ1) is 7.59. The summed E-state index contributed by atoms with van der Waals surface area (Å²) in [5.74, 6) is -0.444. The van der Waals surface area contributed by atoms with Crippen molar-refractivity contribution in [2.45, 2.75) is 38.0 Å². The van der Waals surface area contributed by atoms with Gasteiger partial charge in [-0.2, -0.15) is 0 Å². The molecule has 1 heterocycles. The van der Waals surface area contributed by atoms with E-state index in [-0.39, 0.29) is 6.42 Å². The molecule has 1 aliphatic heterocycles. The molecule has 2 rings (SSSR count).